The van der Waals surface area contributed by atoms with Crippen molar-refractivity contribution in [2.45, 2.75) is 45.4 Å². The molecule has 0 radical (unpaired) electrons. The molecule has 0 fully saturated rings. The van der Waals surface area contributed by atoms with Crippen LogP contribution in [-0.2, 0) is 4.79 Å². The third-order valence-electron chi connectivity index (χ3n) is 3.15. The Morgan fingerprint density at radius 3 is 2.45 bits per heavy atom. The monoisotopic (exact) mass is 275 g/mol. The summed E-state index contributed by atoms with van der Waals surface area (Å²) in [5.74, 6) is 0.168. The number of rotatable bonds is 9. The van der Waals surface area contributed by atoms with Crippen molar-refractivity contribution in [3.8, 4) is 5.75 Å². The van der Waals surface area contributed by atoms with Gasteiger partial charge in [0.15, 0.2) is 0 Å². The number of unbranched alkanes of at least 4 members (excludes halogenated alkanes) is 5. The van der Waals surface area contributed by atoms with Gasteiger partial charge in [0, 0.05) is 12.6 Å². The van der Waals surface area contributed by atoms with Crippen LogP contribution in [0.1, 0.15) is 51.0 Å². The lowest BCUT2D eigenvalue weighted by Crippen LogP contribution is -2.21. The number of benzene rings is 1. The molecule has 0 saturated carbocycles. The molecule has 20 heavy (non-hydrogen) atoms. The van der Waals surface area contributed by atoms with Crippen molar-refractivity contribution < 1.29 is 9.90 Å². The van der Waals surface area contributed by atoms with E-state index < -0.39 is 0 Å². The average molecular weight is 275 g/mol. The normalized spacial score (nSPS) is 10.8. The summed E-state index contributed by atoms with van der Waals surface area (Å²) in [7, 11) is 0. The van der Waals surface area contributed by atoms with Gasteiger partial charge in [0.25, 0.3) is 0 Å². The Bertz CT molecular complexity index is 410. The van der Waals surface area contributed by atoms with Crippen LogP contribution in [0.3, 0.4) is 0 Å². The Balaban J connectivity index is 2.12. The second-order valence-corrected chi connectivity index (χ2v) is 4.98. The van der Waals surface area contributed by atoms with Gasteiger partial charge in [-0.05, 0) is 30.2 Å². The molecule has 0 aliphatic rings. The van der Waals surface area contributed by atoms with E-state index in [1.54, 1.807) is 30.3 Å². The van der Waals surface area contributed by atoms with E-state index in [9.17, 15) is 4.79 Å². The van der Waals surface area contributed by atoms with Crippen LogP contribution in [0.5, 0.6) is 5.75 Å². The van der Waals surface area contributed by atoms with Crippen molar-refractivity contribution in [1.82, 2.24) is 5.32 Å². The van der Waals surface area contributed by atoms with E-state index in [0.29, 0.717) is 0 Å². The molecule has 1 aromatic rings. The molecule has 1 aromatic carbocycles. The first-order valence-electron chi connectivity index (χ1n) is 7.47. The molecule has 0 spiro atoms. The Morgan fingerprint density at radius 1 is 1.10 bits per heavy atom. The number of aromatic hydroxyl groups is 1. The van der Waals surface area contributed by atoms with Gasteiger partial charge in [0.1, 0.15) is 5.75 Å². The van der Waals surface area contributed by atoms with Crippen molar-refractivity contribution in [1.29, 1.82) is 0 Å². The van der Waals surface area contributed by atoms with Crippen molar-refractivity contribution >= 4 is 12.0 Å². The van der Waals surface area contributed by atoms with Crippen LogP contribution in [-0.4, -0.2) is 17.6 Å². The molecule has 0 bridgehead atoms. The van der Waals surface area contributed by atoms with Gasteiger partial charge in [0.05, 0.1) is 0 Å². The maximum atomic E-state index is 11.6. The Kier molecular flexibility index (Phi) is 8.20. The summed E-state index contributed by atoms with van der Waals surface area (Å²) >= 11 is 0. The summed E-state index contributed by atoms with van der Waals surface area (Å²) < 4.78 is 0. The number of amides is 1. The van der Waals surface area contributed by atoms with Crippen LogP contribution in [0.4, 0.5) is 0 Å². The number of phenolic OH excluding ortho intramolecular Hbond substituents is 1. The number of phenols is 1. The molecule has 110 valence electrons. The third kappa shape index (κ3) is 7.62. The molecular weight excluding hydrogens is 250 g/mol. The lowest BCUT2D eigenvalue weighted by Gasteiger charge is -2.02. The molecule has 0 saturated heterocycles. The zero-order valence-corrected chi connectivity index (χ0v) is 12.3. The molecule has 0 aliphatic carbocycles. The summed E-state index contributed by atoms with van der Waals surface area (Å²) in [5, 5.41) is 12.0. The smallest absolute Gasteiger partial charge is 0.243 e. The molecule has 3 nitrogen and oxygen atoms in total. The lowest BCUT2D eigenvalue weighted by atomic mass is 10.1. The first-order valence-corrected chi connectivity index (χ1v) is 7.47. The number of hydrogen-bond donors (Lipinski definition) is 2. The van der Waals surface area contributed by atoms with E-state index in [1.165, 1.54) is 38.2 Å². The van der Waals surface area contributed by atoms with E-state index in [1.807, 2.05) is 0 Å². The fourth-order valence-corrected chi connectivity index (χ4v) is 1.93. The summed E-state index contributed by atoms with van der Waals surface area (Å²) in [5.41, 5.74) is 0.900. The van der Waals surface area contributed by atoms with Gasteiger partial charge < -0.3 is 10.4 Å². The van der Waals surface area contributed by atoms with Crippen LogP contribution in [0.15, 0.2) is 30.3 Å². The maximum Gasteiger partial charge on any atom is 0.243 e. The van der Waals surface area contributed by atoms with Crippen molar-refractivity contribution in [2.75, 3.05) is 6.54 Å². The second-order valence-electron chi connectivity index (χ2n) is 4.98. The van der Waals surface area contributed by atoms with Crippen molar-refractivity contribution in [3.05, 3.63) is 35.9 Å². The minimum absolute atomic E-state index is 0.0633. The number of hydrogen-bond acceptors (Lipinski definition) is 2. The highest BCUT2D eigenvalue weighted by Gasteiger charge is 1.95. The summed E-state index contributed by atoms with van der Waals surface area (Å²) in [4.78, 5) is 11.6. The highest BCUT2D eigenvalue weighted by atomic mass is 16.3. The third-order valence-corrected chi connectivity index (χ3v) is 3.15. The number of carbonyl (C=O) groups is 1. The predicted octanol–water partition coefficient (Wildman–Crippen LogP) is 3.88. The van der Waals surface area contributed by atoms with Crippen molar-refractivity contribution in [3.63, 3.8) is 0 Å². The predicted molar refractivity (Wildman–Crippen MR) is 83.5 cm³/mol. The summed E-state index contributed by atoms with van der Waals surface area (Å²) in [6.45, 7) is 2.95. The summed E-state index contributed by atoms with van der Waals surface area (Å²) in [6.07, 6.45) is 10.6. The van der Waals surface area contributed by atoms with E-state index in [0.717, 1.165) is 18.5 Å². The van der Waals surface area contributed by atoms with Crippen molar-refractivity contribution in [2.24, 2.45) is 0 Å². The first kappa shape index (κ1) is 16.3. The van der Waals surface area contributed by atoms with Gasteiger partial charge in [-0.15, -0.1) is 0 Å². The quantitative estimate of drug-likeness (QED) is 0.530. The van der Waals surface area contributed by atoms with E-state index in [4.69, 9.17) is 5.11 Å². The molecular formula is C17H25NO2. The molecule has 0 unspecified atom stereocenters. The molecule has 1 rings (SSSR count). The second kappa shape index (κ2) is 10.1. The summed E-state index contributed by atoms with van der Waals surface area (Å²) in [6, 6.07) is 6.75. The standard InChI is InChI=1S/C17H25NO2/c1-2-3-4-5-6-7-14-18-17(20)13-10-15-8-11-16(19)12-9-15/h8-13,19H,2-7,14H2,1H3,(H,18,20)/b13-10+. The highest BCUT2D eigenvalue weighted by molar-refractivity contribution is 5.91. The van der Waals surface area contributed by atoms with Crippen LogP contribution in [0, 0.1) is 0 Å². The molecule has 0 aromatic heterocycles. The fraction of sp³-hybridized carbons (Fsp3) is 0.471. The zero-order valence-electron chi connectivity index (χ0n) is 12.3. The van der Waals surface area contributed by atoms with Crippen LogP contribution in [0.2, 0.25) is 0 Å². The number of nitrogens with one attached hydrogen (secondary N) is 1. The lowest BCUT2D eigenvalue weighted by molar-refractivity contribution is -0.116. The van der Waals surface area contributed by atoms with Gasteiger partial charge in [-0.2, -0.15) is 0 Å². The molecule has 2 N–H and O–H groups in total. The van der Waals surface area contributed by atoms with Gasteiger partial charge in [-0.25, -0.2) is 0 Å². The minimum Gasteiger partial charge on any atom is -0.508 e. The Labute approximate surface area is 121 Å². The first-order chi connectivity index (χ1) is 9.72. The zero-order chi connectivity index (χ0) is 14.6. The van der Waals surface area contributed by atoms with Crippen LogP contribution < -0.4 is 5.32 Å². The molecule has 1 amide bonds. The van der Waals surface area contributed by atoms with E-state index >= 15 is 0 Å². The Hall–Kier alpha value is -1.77. The van der Waals surface area contributed by atoms with Gasteiger partial charge in [-0.1, -0.05) is 51.2 Å². The fourth-order valence-electron chi connectivity index (χ4n) is 1.93. The topological polar surface area (TPSA) is 49.3 Å². The largest absolute Gasteiger partial charge is 0.508 e. The molecule has 3 heteroatoms. The minimum atomic E-state index is -0.0633. The van der Waals surface area contributed by atoms with E-state index in [-0.39, 0.29) is 11.7 Å². The van der Waals surface area contributed by atoms with Gasteiger partial charge >= 0.3 is 0 Å². The average Bonchev–Trinajstić information content (AvgIpc) is 2.46. The van der Waals surface area contributed by atoms with Crippen LogP contribution in [0.25, 0.3) is 6.08 Å². The molecule has 0 heterocycles. The van der Waals surface area contributed by atoms with Gasteiger partial charge in [0.2, 0.25) is 5.91 Å². The maximum absolute atomic E-state index is 11.6. The van der Waals surface area contributed by atoms with E-state index in [2.05, 4.69) is 12.2 Å². The number of carbonyl (C=O) groups excluding carboxylic acids is 1. The van der Waals surface area contributed by atoms with Gasteiger partial charge in [-0.3, -0.25) is 4.79 Å². The Morgan fingerprint density at radius 2 is 1.75 bits per heavy atom. The highest BCUT2D eigenvalue weighted by Crippen LogP contribution is 2.10. The van der Waals surface area contributed by atoms with Crippen LogP contribution >= 0.6 is 0 Å². The molecule has 0 aliphatic heterocycles. The SMILES string of the molecule is CCCCCCCCNC(=O)/C=C/c1ccc(O)cc1. The molecule has 0 atom stereocenters.